The molecule has 0 aliphatic carbocycles. The molecule has 0 spiro atoms. The van der Waals surface area contributed by atoms with Crippen LogP contribution < -0.4 is 9.64 Å². The number of likely N-dealkylation sites (tertiary alicyclic amines) is 1. The number of nitrogens with zero attached hydrogens (tertiary/aromatic N) is 2. The summed E-state index contributed by atoms with van der Waals surface area (Å²) < 4.78 is 11.4. The van der Waals surface area contributed by atoms with Gasteiger partial charge in [-0.1, -0.05) is 31.2 Å². The van der Waals surface area contributed by atoms with E-state index < -0.39 is 17.7 Å². The molecular weight excluding hydrogens is 432 g/mol. The van der Waals surface area contributed by atoms with Crippen molar-refractivity contribution in [2.45, 2.75) is 39.3 Å². The Morgan fingerprint density at radius 3 is 2.59 bits per heavy atom. The Morgan fingerprint density at radius 2 is 1.91 bits per heavy atom. The highest BCUT2D eigenvalue weighted by atomic mass is 16.5. The molecule has 2 aromatic carbocycles. The molecule has 7 heteroatoms. The van der Waals surface area contributed by atoms with Gasteiger partial charge in [0.05, 0.1) is 36.6 Å². The van der Waals surface area contributed by atoms with Crippen molar-refractivity contribution in [3.63, 3.8) is 0 Å². The highest BCUT2D eigenvalue weighted by molar-refractivity contribution is 6.46. The van der Waals surface area contributed by atoms with Crippen molar-refractivity contribution in [2.75, 3.05) is 38.3 Å². The first-order valence-corrected chi connectivity index (χ1v) is 11.8. The number of likely N-dealkylation sites (N-methyl/N-ethyl adjacent to an activating group) is 1. The molecule has 0 aromatic heterocycles. The number of hydrogen-bond acceptors (Lipinski definition) is 6. The second-order valence-electron chi connectivity index (χ2n) is 8.96. The zero-order valence-electron chi connectivity index (χ0n) is 20.2. The molecule has 0 radical (unpaired) electrons. The van der Waals surface area contributed by atoms with Gasteiger partial charge in [0.25, 0.3) is 11.7 Å². The second kappa shape index (κ2) is 9.89. The number of ether oxygens (including phenoxy) is 2. The molecule has 1 fully saturated rings. The van der Waals surface area contributed by atoms with Crippen LogP contribution in [0.25, 0.3) is 5.76 Å². The lowest BCUT2D eigenvalue weighted by Gasteiger charge is -2.28. The summed E-state index contributed by atoms with van der Waals surface area (Å²) in [6, 6.07) is 12.5. The number of rotatable bonds is 7. The molecule has 1 atom stereocenters. The minimum atomic E-state index is -0.688. The van der Waals surface area contributed by atoms with Crippen molar-refractivity contribution >= 4 is 23.1 Å². The number of amides is 1. The number of hydrogen-bond donors (Lipinski definition) is 1. The lowest BCUT2D eigenvalue weighted by Crippen LogP contribution is -2.33. The lowest BCUT2D eigenvalue weighted by atomic mass is 9.94. The number of fused-ring (bicyclic) bond motifs is 1. The average Bonchev–Trinajstić information content (AvgIpc) is 3.08. The van der Waals surface area contributed by atoms with Crippen LogP contribution in [0.4, 0.5) is 5.69 Å². The van der Waals surface area contributed by atoms with Crippen molar-refractivity contribution in [3.05, 3.63) is 64.7 Å². The van der Waals surface area contributed by atoms with E-state index in [1.165, 1.54) is 4.90 Å². The lowest BCUT2D eigenvalue weighted by molar-refractivity contribution is -0.140. The Morgan fingerprint density at radius 1 is 1.18 bits per heavy atom. The van der Waals surface area contributed by atoms with Gasteiger partial charge in [-0.25, -0.2) is 0 Å². The van der Waals surface area contributed by atoms with Gasteiger partial charge in [-0.05, 0) is 49.6 Å². The van der Waals surface area contributed by atoms with Crippen LogP contribution in [0.15, 0.2) is 48.0 Å². The van der Waals surface area contributed by atoms with Crippen molar-refractivity contribution in [3.8, 4) is 5.75 Å². The second-order valence-corrected chi connectivity index (χ2v) is 8.96. The van der Waals surface area contributed by atoms with Gasteiger partial charge in [0.2, 0.25) is 0 Å². The number of aliphatic hydroxyl groups excluding tert-OH is 1. The molecule has 2 heterocycles. The van der Waals surface area contributed by atoms with Crippen LogP contribution >= 0.6 is 0 Å². The Bertz CT molecular complexity index is 1110. The van der Waals surface area contributed by atoms with Crippen LogP contribution in [0.3, 0.4) is 0 Å². The molecule has 1 saturated heterocycles. The fourth-order valence-corrected chi connectivity index (χ4v) is 4.43. The molecular formula is C27H32N2O5. The maximum atomic E-state index is 13.2. The molecule has 0 saturated carbocycles. The number of aryl methyl sites for hydroxylation is 1. The normalized spacial score (nSPS) is 19.5. The number of Topliss-reactive ketones (excluding diaryl/α,β-unsaturated/α-hetero) is 1. The molecule has 34 heavy (non-hydrogen) atoms. The number of aliphatic hydroxyl groups is 1. The SMILES string of the molecule is CCc1ccc(C2/C(=C(/O)c3ccc4c(c3)N(C)CCO4)C(=O)C(=O)N2CCOC(C)C)cc1. The highest BCUT2D eigenvalue weighted by Crippen LogP contribution is 2.41. The first kappa shape index (κ1) is 23.8. The average molecular weight is 465 g/mol. The number of anilines is 1. The summed E-state index contributed by atoms with van der Waals surface area (Å²) in [6.45, 7) is 7.78. The molecule has 180 valence electrons. The fraction of sp³-hybridized carbons (Fsp3) is 0.407. The molecule has 7 nitrogen and oxygen atoms in total. The molecule has 2 aromatic rings. The molecule has 2 aliphatic heterocycles. The third-order valence-corrected chi connectivity index (χ3v) is 6.35. The topological polar surface area (TPSA) is 79.3 Å². The maximum absolute atomic E-state index is 13.2. The van der Waals surface area contributed by atoms with Crippen molar-refractivity contribution in [1.29, 1.82) is 0 Å². The Balaban J connectivity index is 1.79. The molecule has 2 aliphatic rings. The number of ketones is 1. The van der Waals surface area contributed by atoms with E-state index in [0.717, 1.165) is 35.5 Å². The summed E-state index contributed by atoms with van der Waals surface area (Å²) in [5, 5.41) is 11.3. The van der Waals surface area contributed by atoms with Gasteiger partial charge in [-0.3, -0.25) is 9.59 Å². The monoisotopic (exact) mass is 464 g/mol. The summed E-state index contributed by atoms with van der Waals surface area (Å²) in [6.07, 6.45) is 0.891. The van der Waals surface area contributed by atoms with Gasteiger partial charge in [0.1, 0.15) is 18.1 Å². The van der Waals surface area contributed by atoms with E-state index in [1.54, 1.807) is 18.2 Å². The number of benzene rings is 2. The van der Waals surface area contributed by atoms with E-state index in [4.69, 9.17) is 9.47 Å². The summed E-state index contributed by atoms with van der Waals surface area (Å²) >= 11 is 0. The first-order valence-electron chi connectivity index (χ1n) is 11.8. The van der Waals surface area contributed by atoms with Crippen LogP contribution in [0.2, 0.25) is 0 Å². The summed E-state index contributed by atoms with van der Waals surface area (Å²) in [5.41, 5.74) is 3.34. The minimum absolute atomic E-state index is 0.00816. The summed E-state index contributed by atoms with van der Waals surface area (Å²) in [7, 11) is 1.95. The van der Waals surface area contributed by atoms with Crippen LogP contribution in [-0.4, -0.2) is 61.2 Å². The van der Waals surface area contributed by atoms with E-state index in [1.807, 2.05) is 50.1 Å². The number of carbonyl (C=O) groups excluding carboxylic acids is 2. The Hall–Kier alpha value is -3.32. The van der Waals surface area contributed by atoms with Gasteiger partial charge in [-0.15, -0.1) is 0 Å². The van der Waals surface area contributed by atoms with E-state index in [2.05, 4.69) is 6.92 Å². The smallest absolute Gasteiger partial charge is 0.295 e. The molecule has 1 amide bonds. The Labute approximate surface area is 200 Å². The predicted molar refractivity (Wildman–Crippen MR) is 131 cm³/mol. The largest absolute Gasteiger partial charge is 0.507 e. The van der Waals surface area contributed by atoms with Crippen LogP contribution in [0.1, 0.15) is 43.5 Å². The standard InChI is InChI=1S/C27H32N2O5/c1-5-18-6-8-19(9-7-18)24-23(26(31)27(32)29(24)13-15-33-17(2)3)25(30)20-10-11-22-21(16-20)28(4)12-14-34-22/h6-11,16-17,24,30H,5,12-15H2,1-4H3/b25-23-. The van der Waals surface area contributed by atoms with Crippen molar-refractivity contribution in [1.82, 2.24) is 4.90 Å². The van der Waals surface area contributed by atoms with Crippen LogP contribution in [0, 0.1) is 0 Å². The summed E-state index contributed by atoms with van der Waals surface area (Å²) in [5.74, 6) is -0.772. The fourth-order valence-electron chi connectivity index (χ4n) is 4.43. The van der Waals surface area contributed by atoms with Gasteiger partial charge in [-0.2, -0.15) is 0 Å². The minimum Gasteiger partial charge on any atom is -0.507 e. The van der Waals surface area contributed by atoms with Gasteiger partial charge in [0.15, 0.2) is 0 Å². The molecule has 4 rings (SSSR count). The van der Waals surface area contributed by atoms with Gasteiger partial charge in [0, 0.05) is 19.2 Å². The molecule has 1 unspecified atom stereocenters. The van der Waals surface area contributed by atoms with E-state index in [0.29, 0.717) is 18.8 Å². The van der Waals surface area contributed by atoms with Crippen LogP contribution in [0.5, 0.6) is 5.75 Å². The van der Waals surface area contributed by atoms with E-state index in [9.17, 15) is 14.7 Å². The van der Waals surface area contributed by atoms with Gasteiger partial charge < -0.3 is 24.4 Å². The van der Waals surface area contributed by atoms with Gasteiger partial charge >= 0.3 is 0 Å². The van der Waals surface area contributed by atoms with E-state index >= 15 is 0 Å². The van der Waals surface area contributed by atoms with Crippen molar-refractivity contribution in [2.24, 2.45) is 0 Å². The number of carbonyl (C=O) groups is 2. The highest BCUT2D eigenvalue weighted by Gasteiger charge is 2.46. The Kier molecular flexibility index (Phi) is 6.93. The van der Waals surface area contributed by atoms with Crippen molar-refractivity contribution < 1.29 is 24.2 Å². The molecule has 0 bridgehead atoms. The zero-order chi connectivity index (χ0) is 24.4. The third kappa shape index (κ3) is 4.53. The quantitative estimate of drug-likeness (QED) is 0.380. The maximum Gasteiger partial charge on any atom is 0.295 e. The molecule has 1 N–H and O–H groups in total. The predicted octanol–water partition coefficient (Wildman–Crippen LogP) is 3.92. The first-order chi connectivity index (χ1) is 16.3. The zero-order valence-corrected chi connectivity index (χ0v) is 20.2. The van der Waals surface area contributed by atoms with Crippen LogP contribution in [-0.2, 0) is 20.7 Å². The van der Waals surface area contributed by atoms with E-state index in [-0.39, 0.29) is 24.0 Å². The summed E-state index contributed by atoms with van der Waals surface area (Å²) in [4.78, 5) is 29.8. The third-order valence-electron chi connectivity index (χ3n) is 6.35.